The van der Waals surface area contributed by atoms with Crippen molar-refractivity contribution in [1.29, 1.82) is 0 Å². The van der Waals surface area contributed by atoms with E-state index in [9.17, 15) is 22.8 Å². The first-order valence-electron chi connectivity index (χ1n) is 7.91. The summed E-state index contributed by atoms with van der Waals surface area (Å²) in [5.74, 6) is -1.17. The second-order valence-corrected chi connectivity index (χ2v) is 9.78. The van der Waals surface area contributed by atoms with Crippen LogP contribution in [0.15, 0.2) is 23.1 Å². The van der Waals surface area contributed by atoms with E-state index in [1.54, 1.807) is 19.1 Å². The van der Waals surface area contributed by atoms with Crippen molar-refractivity contribution in [2.75, 3.05) is 29.2 Å². The van der Waals surface area contributed by atoms with E-state index in [1.807, 2.05) is 0 Å². The number of anilines is 1. The number of hydrogen-bond donors (Lipinski definition) is 2. The summed E-state index contributed by atoms with van der Waals surface area (Å²) in [5.41, 5.74) is -0.0850. The maximum atomic E-state index is 12.1. The van der Waals surface area contributed by atoms with Gasteiger partial charge in [-0.2, -0.15) is 0 Å². The number of hydrogen-bond acceptors (Lipinski definition) is 7. The predicted octanol–water partition coefficient (Wildman–Crippen LogP) is 0.581. The summed E-state index contributed by atoms with van der Waals surface area (Å²) in [6, 6.07) is 4.78. The van der Waals surface area contributed by atoms with Gasteiger partial charge < -0.3 is 15.4 Å². The molecule has 0 aromatic heterocycles. The molecule has 26 heavy (non-hydrogen) atoms. The molecule has 1 unspecified atom stereocenters. The minimum Gasteiger partial charge on any atom is -0.452 e. The molecule has 0 bridgehead atoms. The second-order valence-electron chi connectivity index (χ2n) is 6.57. The van der Waals surface area contributed by atoms with Crippen LogP contribution in [-0.2, 0) is 24.2 Å². The van der Waals surface area contributed by atoms with E-state index >= 15 is 0 Å². The molecule has 2 aliphatic rings. The van der Waals surface area contributed by atoms with Gasteiger partial charge in [-0.05, 0) is 31.5 Å². The first-order chi connectivity index (χ1) is 12.2. The molecule has 1 saturated heterocycles. The largest absolute Gasteiger partial charge is 0.452 e. The molecule has 0 aliphatic carbocycles. The lowest BCUT2D eigenvalue weighted by molar-refractivity contribution is -0.125. The Balaban J connectivity index is 1.56. The molecule has 1 aromatic rings. The molecule has 8 nitrogen and oxygen atoms in total. The van der Waals surface area contributed by atoms with Crippen molar-refractivity contribution in [3.63, 3.8) is 0 Å². The average Bonchev–Trinajstić information content (AvgIpc) is 2.84. The van der Waals surface area contributed by atoms with E-state index in [0.29, 0.717) is 17.9 Å². The van der Waals surface area contributed by atoms with Crippen LogP contribution < -0.4 is 10.6 Å². The first-order valence-corrected chi connectivity index (χ1v) is 10.7. The zero-order valence-electron chi connectivity index (χ0n) is 14.0. The van der Waals surface area contributed by atoms with Gasteiger partial charge in [-0.25, -0.2) is 13.2 Å². The van der Waals surface area contributed by atoms with Gasteiger partial charge in [0.15, 0.2) is 16.4 Å². The Hall–Kier alpha value is -2.07. The van der Waals surface area contributed by atoms with E-state index in [4.69, 9.17) is 4.74 Å². The average molecular weight is 398 g/mol. The summed E-state index contributed by atoms with van der Waals surface area (Å²) in [7, 11) is -3.15. The van der Waals surface area contributed by atoms with Gasteiger partial charge in [0.1, 0.15) is 0 Å². The Morgan fingerprint density at radius 2 is 2.15 bits per heavy atom. The number of rotatable bonds is 4. The van der Waals surface area contributed by atoms with Crippen LogP contribution in [0.3, 0.4) is 0 Å². The highest BCUT2D eigenvalue weighted by molar-refractivity contribution is 8.00. The summed E-state index contributed by atoms with van der Waals surface area (Å²) < 4.78 is 28.1. The fourth-order valence-electron chi connectivity index (χ4n) is 2.91. The molecule has 1 atom stereocenters. The third kappa shape index (κ3) is 4.36. The number of ether oxygens (including phenoxy) is 1. The first kappa shape index (κ1) is 18.7. The van der Waals surface area contributed by atoms with Crippen molar-refractivity contribution < 1.29 is 27.5 Å². The van der Waals surface area contributed by atoms with Crippen molar-refractivity contribution >= 4 is 45.1 Å². The maximum Gasteiger partial charge on any atom is 0.338 e. The third-order valence-corrected chi connectivity index (χ3v) is 7.10. The standard InChI is InChI=1S/C16H18N2O6S2/c1-16(4-5-26(22,23)9-16)18-13(19)7-24-15(21)10-2-3-12-11(6-10)17-14(20)8-25-12/h2-3,6H,4-5,7-9H2,1H3,(H,17,20)(H,18,19). The van der Waals surface area contributed by atoms with Crippen LogP contribution >= 0.6 is 11.8 Å². The Kier molecular flexibility index (Phi) is 4.98. The summed E-state index contributed by atoms with van der Waals surface area (Å²) >= 11 is 1.38. The van der Waals surface area contributed by atoms with Gasteiger partial charge in [0.05, 0.1) is 34.0 Å². The van der Waals surface area contributed by atoms with Crippen molar-refractivity contribution in [2.45, 2.75) is 23.8 Å². The SMILES string of the molecule is CC1(NC(=O)COC(=O)c2ccc3c(c2)NC(=O)CS3)CCS(=O)(=O)C1. The van der Waals surface area contributed by atoms with E-state index in [-0.39, 0.29) is 23.0 Å². The number of esters is 1. The number of benzene rings is 1. The summed E-state index contributed by atoms with van der Waals surface area (Å²) in [4.78, 5) is 36.4. The summed E-state index contributed by atoms with van der Waals surface area (Å²) in [5, 5.41) is 5.29. The number of carbonyl (C=O) groups is 3. The van der Waals surface area contributed by atoms with Crippen molar-refractivity contribution in [3.8, 4) is 0 Å². The summed E-state index contributed by atoms with van der Waals surface area (Å²) in [6.45, 7) is 1.15. The molecule has 0 saturated carbocycles. The van der Waals surface area contributed by atoms with Crippen molar-refractivity contribution in [3.05, 3.63) is 23.8 Å². The fourth-order valence-corrected chi connectivity index (χ4v) is 5.79. The van der Waals surface area contributed by atoms with E-state index in [2.05, 4.69) is 10.6 Å². The number of fused-ring (bicyclic) bond motifs is 1. The van der Waals surface area contributed by atoms with Crippen molar-refractivity contribution in [2.24, 2.45) is 0 Å². The number of nitrogens with one attached hydrogen (secondary N) is 2. The van der Waals surface area contributed by atoms with E-state index in [1.165, 1.54) is 17.8 Å². The molecule has 2 amide bonds. The molecule has 2 heterocycles. The van der Waals surface area contributed by atoms with Gasteiger partial charge in [-0.1, -0.05) is 0 Å². The molecule has 1 fully saturated rings. The van der Waals surface area contributed by atoms with Gasteiger partial charge in [0.2, 0.25) is 5.91 Å². The van der Waals surface area contributed by atoms with Crippen LogP contribution in [0, 0.1) is 0 Å². The molecular formula is C16H18N2O6S2. The molecule has 1 aromatic carbocycles. The summed E-state index contributed by atoms with van der Waals surface area (Å²) in [6.07, 6.45) is 0.331. The highest BCUT2D eigenvalue weighted by Crippen LogP contribution is 2.32. The molecule has 2 N–H and O–H groups in total. The van der Waals surface area contributed by atoms with Gasteiger partial charge in [-0.15, -0.1) is 11.8 Å². The van der Waals surface area contributed by atoms with Crippen LogP contribution in [0.4, 0.5) is 5.69 Å². The molecule has 3 rings (SSSR count). The number of carbonyl (C=O) groups excluding carboxylic acids is 3. The molecule has 10 heteroatoms. The second kappa shape index (κ2) is 6.92. The van der Waals surface area contributed by atoms with E-state index in [0.717, 1.165) is 4.90 Å². The van der Waals surface area contributed by atoms with Gasteiger partial charge >= 0.3 is 5.97 Å². The quantitative estimate of drug-likeness (QED) is 0.712. The Labute approximate surface area is 155 Å². The number of sulfone groups is 1. The monoisotopic (exact) mass is 398 g/mol. The smallest absolute Gasteiger partial charge is 0.338 e. The Bertz CT molecular complexity index is 883. The molecule has 140 valence electrons. The zero-order valence-corrected chi connectivity index (χ0v) is 15.7. The normalized spacial score (nSPS) is 23.7. The van der Waals surface area contributed by atoms with Crippen LogP contribution in [0.1, 0.15) is 23.7 Å². The number of amides is 2. The molecule has 0 spiro atoms. The third-order valence-electron chi connectivity index (χ3n) is 4.13. The van der Waals surface area contributed by atoms with Gasteiger partial charge in [0, 0.05) is 4.90 Å². The van der Waals surface area contributed by atoms with E-state index < -0.39 is 33.9 Å². The Morgan fingerprint density at radius 3 is 2.85 bits per heavy atom. The lowest BCUT2D eigenvalue weighted by atomic mass is 10.0. The molecule has 2 aliphatic heterocycles. The van der Waals surface area contributed by atoms with Gasteiger partial charge in [-0.3, -0.25) is 9.59 Å². The minimum absolute atomic E-state index is 0.0302. The topological polar surface area (TPSA) is 119 Å². The highest BCUT2D eigenvalue weighted by Gasteiger charge is 2.39. The molecular weight excluding hydrogens is 380 g/mol. The maximum absolute atomic E-state index is 12.1. The fraction of sp³-hybridized carbons (Fsp3) is 0.438. The Morgan fingerprint density at radius 1 is 1.38 bits per heavy atom. The minimum atomic E-state index is -3.15. The zero-order chi connectivity index (χ0) is 18.9. The number of thioether (sulfide) groups is 1. The van der Waals surface area contributed by atoms with Crippen LogP contribution in [0.25, 0.3) is 0 Å². The van der Waals surface area contributed by atoms with Crippen molar-refractivity contribution in [1.82, 2.24) is 5.32 Å². The van der Waals surface area contributed by atoms with Gasteiger partial charge in [0.25, 0.3) is 5.91 Å². The lowest BCUT2D eigenvalue weighted by Gasteiger charge is -2.23. The van der Waals surface area contributed by atoms with Crippen LogP contribution in [-0.4, -0.2) is 55.6 Å². The van der Waals surface area contributed by atoms with Crippen LogP contribution in [0.5, 0.6) is 0 Å². The lowest BCUT2D eigenvalue weighted by Crippen LogP contribution is -2.48. The van der Waals surface area contributed by atoms with Crippen LogP contribution in [0.2, 0.25) is 0 Å². The molecule has 0 radical (unpaired) electrons. The highest BCUT2D eigenvalue weighted by atomic mass is 32.2. The predicted molar refractivity (Wildman–Crippen MR) is 95.9 cm³/mol.